The summed E-state index contributed by atoms with van der Waals surface area (Å²) in [6.07, 6.45) is 3.12. The van der Waals surface area contributed by atoms with Crippen molar-refractivity contribution >= 4 is 44.9 Å². The summed E-state index contributed by atoms with van der Waals surface area (Å²) >= 11 is 8.24. The van der Waals surface area contributed by atoms with Crippen LogP contribution in [0.2, 0.25) is 5.02 Å². The van der Waals surface area contributed by atoms with Crippen LogP contribution in [0.25, 0.3) is 10.1 Å². The molecule has 10 nitrogen and oxygen atoms in total. The van der Waals surface area contributed by atoms with Crippen molar-refractivity contribution in [2.24, 2.45) is 0 Å². The Balaban J connectivity index is 1.47. The minimum Gasteiger partial charge on any atom is -0.481 e. The van der Waals surface area contributed by atoms with Gasteiger partial charge in [0.1, 0.15) is 24.4 Å². The van der Waals surface area contributed by atoms with E-state index in [0.29, 0.717) is 50.1 Å². The average molecular weight is 624 g/mol. The number of carboxylic acids is 1. The van der Waals surface area contributed by atoms with Gasteiger partial charge in [0.25, 0.3) is 0 Å². The summed E-state index contributed by atoms with van der Waals surface area (Å²) in [7, 11) is 0. The fourth-order valence-corrected chi connectivity index (χ4v) is 6.73. The first kappa shape index (κ1) is 32.6. The van der Waals surface area contributed by atoms with E-state index in [1.807, 2.05) is 48.6 Å². The number of likely N-dealkylation sites (tertiary alicyclic amines) is 1. The second-order valence-electron chi connectivity index (χ2n) is 10.5. The van der Waals surface area contributed by atoms with Crippen LogP contribution in [0.4, 0.5) is 0 Å². The van der Waals surface area contributed by atoms with Crippen molar-refractivity contribution in [1.82, 2.24) is 4.90 Å². The smallest absolute Gasteiger partial charge is 0.303 e. The highest BCUT2D eigenvalue weighted by atomic mass is 35.5. The molecule has 1 aromatic heterocycles. The number of fused-ring (bicyclic) bond motifs is 1. The number of halogens is 1. The van der Waals surface area contributed by atoms with Gasteiger partial charge in [-0.1, -0.05) is 54.1 Å². The normalized spacial score (nSPS) is 27.5. The number of aliphatic hydroxyl groups is 4. The van der Waals surface area contributed by atoms with Crippen LogP contribution in [0.15, 0.2) is 48.6 Å². The molecule has 42 heavy (non-hydrogen) atoms. The third-order valence-corrected chi connectivity index (χ3v) is 9.34. The van der Waals surface area contributed by atoms with E-state index in [9.17, 15) is 30.0 Å². The number of hydrogen-bond acceptors (Lipinski definition) is 9. The van der Waals surface area contributed by atoms with Crippen LogP contribution in [0.3, 0.4) is 0 Å². The number of hydrogen-bond donors (Lipinski definition) is 5. The minimum atomic E-state index is -1.56. The number of allylic oxidation sites excluding steroid dienone is 1. The molecule has 0 saturated carbocycles. The highest BCUT2D eigenvalue weighted by Crippen LogP contribution is 2.36. The second kappa shape index (κ2) is 15.4. The fraction of sp³-hybridized carbons (Fsp3) is 0.533. The van der Waals surface area contributed by atoms with Crippen molar-refractivity contribution in [1.29, 1.82) is 0 Å². The van der Waals surface area contributed by atoms with E-state index in [4.69, 9.17) is 26.2 Å². The lowest BCUT2D eigenvalue weighted by molar-refractivity contribution is -0.307. The highest BCUT2D eigenvalue weighted by Gasteiger charge is 2.44. The van der Waals surface area contributed by atoms with Gasteiger partial charge in [0, 0.05) is 34.3 Å². The Kier molecular flexibility index (Phi) is 11.9. The molecule has 3 heterocycles. The molecule has 4 rings (SSSR count). The van der Waals surface area contributed by atoms with E-state index < -0.39 is 49.4 Å². The number of thiophene rings is 1. The topological polar surface area (TPSA) is 157 Å². The number of benzene rings is 1. The Bertz CT molecular complexity index is 1260. The van der Waals surface area contributed by atoms with Gasteiger partial charge in [-0.25, -0.2) is 0 Å². The number of amides is 1. The average Bonchev–Trinajstić information content (AvgIpc) is 3.50. The van der Waals surface area contributed by atoms with E-state index in [0.717, 1.165) is 15.0 Å². The highest BCUT2D eigenvalue weighted by molar-refractivity contribution is 7.19. The number of nitrogens with zero attached hydrogens (tertiary/aromatic N) is 1. The summed E-state index contributed by atoms with van der Waals surface area (Å²) in [5.74, 6) is -0.818. The molecule has 2 aliphatic rings. The number of aliphatic carboxylic acids is 1. The van der Waals surface area contributed by atoms with Crippen molar-refractivity contribution < 1.29 is 44.6 Å². The summed E-state index contributed by atoms with van der Waals surface area (Å²) in [5, 5.41) is 51.0. The molecule has 1 aromatic carbocycles. The fourth-order valence-electron chi connectivity index (χ4n) is 5.18. The second-order valence-corrected chi connectivity index (χ2v) is 12.1. The summed E-state index contributed by atoms with van der Waals surface area (Å²) in [4.78, 5) is 26.0. The number of carbonyl (C=O) groups excluding carboxylic acids is 1. The van der Waals surface area contributed by atoms with Crippen LogP contribution in [-0.2, 0) is 25.5 Å². The summed E-state index contributed by atoms with van der Waals surface area (Å²) in [5.41, 5.74) is 0. The molecule has 0 aliphatic carbocycles. The molecule has 230 valence electrons. The number of carbonyl (C=O) groups is 2. The Morgan fingerprint density at radius 3 is 2.71 bits per heavy atom. The van der Waals surface area contributed by atoms with E-state index in [1.165, 1.54) is 0 Å². The zero-order valence-electron chi connectivity index (χ0n) is 23.1. The molecular weight excluding hydrogens is 586 g/mol. The maximum Gasteiger partial charge on any atom is 0.303 e. The van der Waals surface area contributed by atoms with Crippen LogP contribution in [-0.4, -0.2) is 98.3 Å². The Hall–Kier alpha value is -2.35. The first-order chi connectivity index (χ1) is 20.2. The standard InChI is InChI=1S/C30H38ClNO9S/c31-26-20-7-4-5-8-22(20)42-23(26)14-13-19(40-30-29(39)28(38)27(37)21(17-33)41-30)12-10-18-11-15-24(34)32(18)16-6-2-1-3-9-25(35)36/h2,4-8,10,12,18-19,21,27-30,33,37-39H,1,3,9,11,13-17H2,(H,35,36)/b6-2-,12-10+/t18-,19?,21?,27+,28-,29?,30+/m0/s1. The largest absolute Gasteiger partial charge is 0.481 e. The molecule has 0 spiro atoms. The monoisotopic (exact) mass is 623 g/mol. The molecule has 5 N–H and O–H groups in total. The van der Waals surface area contributed by atoms with Crippen LogP contribution in [0.1, 0.15) is 43.4 Å². The molecule has 2 saturated heterocycles. The van der Waals surface area contributed by atoms with Crippen LogP contribution >= 0.6 is 22.9 Å². The van der Waals surface area contributed by atoms with Crippen molar-refractivity contribution in [3.8, 4) is 0 Å². The van der Waals surface area contributed by atoms with Gasteiger partial charge in [0.05, 0.1) is 23.8 Å². The van der Waals surface area contributed by atoms with Crippen LogP contribution in [0.5, 0.6) is 0 Å². The van der Waals surface area contributed by atoms with Gasteiger partial charge in [-0.3, -0.25) is 9.59 Å². The van der Waals surface area contributed by atoms with Gasteiger partial charge in [0.15, 0.2) is 6.29 Å². The van der Waals surface area contributed by atoms with Gasteiger partial charge < -0.3 is 39.9 Å². The Labute approximate surface area is 253 Å². The zero-order valence-corrected chi connectivity index (χ0v) is 24.7. The molecule has 12 heteroatoms. The number of unbranched alkanes of at least 4 members (excludes halogenated alkanes) is 1. The summed E-state index contributed by atoms with van der Waals surface area (Å²) in [6, 6.07) is 7.66. The quantitative estimate of drug-likeness (QED) is 0.158. The maximum absolute atomic E-state index is 12.6. The lowest BCUT2D eigenvalue weighted by Crippen LogP contribution is -2.59. The number of aryl methyl sites for hydroxylation is 1. The lowest BCUT2D eigenvalue weighted by Gasteiger charge is -2.40. The van der Waals surface area contributed by atoms with Gasteiger partial charge in [-0.15, -0.1) is 11.3 Å². The Morgan fingerprint density at radius 2 is 1.98 bits per heavy atom. The number of carboxylic acid groups (broad SMARTS) is 1. The van der Waals surface area contributed by atoms with Gasteiger partial charge >= 0.3 is 5.97 Å². The van der Waals surface area contributed by atoms with Gasteiger partial charge in [0.2, 0.25) is 5.91 Å². The first-order valence-electron chi connectivity index (χ1n) is 14.2. The van der Waals surface area contributed by atoms with Crippen molar-refractivity contribution in [3.05, 3.63) is 58.5 Å². The van der Waals surface area contributed by atoms with Crippen molar-refractivity contribution in [3.63, 3.8) is 0 Å². The van der Waals surface area contributed by atoms with E-state index in [2.05, 4.69) is 0 Å². The van der Waals surface area contributed by atoms with Gasteiger partial charge in [-0.2, -0.15) is 0 Å². The Morgan fingerprint density at radius 1 is 1.19 bits per heavy atom. The van der Waals surface area contributed by atoms with Crippen LogP contribution < -0.4 is 0 Å². The molecular formula is C30H38ClNO9S. The minimum absolute atomic E-state index is 0.0169. The lowest BCUT2D eigenvalue weighted by atomic mass is 9.99. The van der Waals surface area contributed by atoms with E-state index in [-0.39, 0.29) is 18.4 Å². The van der Waals surface area contributed by atoms with Crippen LogP contribution in [0, 0.1) is 0 Å². The number of aliphatic hydroxyl groups excluding tert-OH is 4. The first-order valence-corrected chi connectivity index (χ1v) is 15.4. The van der Waals surface area contributed by atoms with Crippen molar-refractivity contribution in [2.75, 3.05) is 13.2 Å². The third kappa shape index (κ3) is 8.18. The van der Waals surface area contributed by atoms with E-state index >= 15 is 0 Å². The molecule has 1 amide bonds. The predicted molar refractivity (Wildman–Crippen MR) is 158 cm³/mol. The van der Waals surface area contributed by atoms with Crippen molar-refractivity contribution in [2.45, 2.75) is 87.8 Å². The SMILES string of the molecule is O=C(O)CCC/C=C\CN1C(=O)CC[C@@H]1/C=C/C(CCc1sc2ccccc2c1Cl)O[C@@H]1OC(CO)[C@@H](O)[C@H](O)C1O. The predicted octanol–water partition coefficient (Wildman–Crippen LogP) is 3.03. The zero-order chi connectivity index (χ0) is 30.2. The molecule has 2 fully saturated rings. The number of ether oxygens (including phenoxy) is 2. The molecule has 2 aromatic rings. The molecule has 3 unspecified atom stereocenters. The molecule has 2 aliphatic heterocycles. The maximum atomic E-state index is 12.6. The third-order valence-electron chi connectivity index (χ3n) is 7.57. The molecule has 0 radical (unpaired) electrons. The molecule has 7 atom stereocenters. The summed E-state index contributed by atoms with van der Waals surface area (Å²) < 4.78 is 12.8. The van der Waals surface area contributed by atoms with Gasteiger partial charge in [-0.05, 0) is 38.2 Å². The van der Waals surface area contributed by atoms with E-state index in [1.54, 1.807) is 16.2 Å². The summed E-state index contributed by atoms with van der Waals surface area (Å²) in [6.45, 7) is -0.164. The molecule has 0 bridgehead atoms. The number of rotatable bonds is 14.